The number of aromatic amines is 1. The lowest BCUT2D eigenvalue weighted by atomic mass is 10.2. The lowest BCUT2D eigenvalue weighted by Gasteiger charge is -2.10. The highest BCUT2D eigenvalue weighted by molar-refractivity contribution is 6.31. The summed E-state index contributed by atoms with van der Waals surface area (Å²) < 4.78 is 5.55. The molecule has 0 aliphatic rings. The van der Waals surface area contributed by atoms with Crippen LogP contribution in [0.1, 0.15) is 16.2 Å². The number of carbonyl (C=O) groups excluding carboxylic acids is 1. The molecule has 0 saturated carbocycles. The number of aromatic nitrogens is 2. The molecule has 3 rings (SSSR count). The van der Waals surface area contributed by atoms with Gasteiger partial charge in [-0.2, -0.15) is 0 Å². The van der Waals surface area contributed by atoms with Gasteiger partial charge in [0.1, 0.15) is 18.2 Å². The minimum atomic E-state index is -0.665. The highest BCUT2D eigenvalue weighted by Crippen LogP contribution is 2.23. The second-order valence-electron chi connectivity index (χ2n) is 4.97. The maximum Gasteiger partial charge on any atom is 0.258 e. The zero-order chi connectivity index (χ0) is 17.3. The van der Waals surface area contributed by atoms with Gasteiger partial charge in [0.2, 0.25) is 0 Å². The highest BCUT2D eigenvalue weighted by atomic mass is 35.5. The fourth-order valence-electron chi connectivity index (χ4n) is 2.19. The van der Waals surface area contributed by atoms with Crippen LogP contribution in [0, 0.1) is 0 Å². The summed E-state index contributed by atoms with van der Waals surface area (Å²) in [6, 6.07) is 9.34. The third kappa shape index (κ3) is 3.34. The zero-order valence-electron chi connectivity index (χ0n) is 12.2. The molecule has 122 valence electrons. The molecule has 0 saturated heterocycles. The molecule has 1 heterocycles. The van der Waals surface area contributed by atoms with Gasteiger partial charge in [-0.15, -0.1) is 0 Å². The Hall–Kier alpha value is -2.57. The predicted octanol–water partition coefficient (Wildman–Crippen LogP) is 2.91. The molecular weight excluding hydrogens is 353 g/mol. The quantitative estimate of drug-likeness (QED) is 0.744. The van der Waals surface area contributed by atoms with Crippen molar-refractivity contribution >= 4 is 40.0 Å². The van der Waals surface area contributed by atoms with E-state index < -0.39 is 5.91 Å². The van der Waals surface area contributed by atoms with Crippen molar-refractivity contribution in [3.05, 3.63) is 68.2 Å². The molecule has 1 aromatic heterocycles. The molecule has 0 aliphatic carbocycles. The average Bonchev–Trinajstić information content (AvgIpc) is 2.54. The minimum absolute atomic E-state index is 0.0459. The van der Waals surface area contributed by atoms with Crippen molar-refractivity contribution in [1.29, 1.82) is 0 Å². The monoisotopic (exact) mass is 363 g/mol. The molecule has 8 heteroatoms. The van der Waals surface area contributed by atoms with Crippen LogP contribution < -0.4 is 16.0 Å². The van der Waals surface area contributed by atoms with Crippen LogP contribution in [0.3, 0.4) is 0 Å². The van der Waals surface area contributed by atoms with Crippen molar-refractivity contribution in [2.75, 3.05) is 0 Å². The van der Waals surface area contributed by atoms with Gasteiger partial charge in [0.25, 0.3) is 11.5 Å². The summed E-state index contributed by atoms with van der Waals surface area (Å²) in [5, 5.41) is 1.20. The van der Waals surface area contributed by atoms with Crippen LogP contribution in [0.25, 0.3) is 10.9 Å². The molecule has 0 atom stereocenters. The van der Waals surface area contributed by atoms with Gasteiger partial charge in [0.05, 0.1) is 16.5 Å². The SMILES string of the molecule is NC(=O)c1cc(Cl)ccc1OCc1nc2ccc(Cl)cc2c(=O)[nH]1. The number of hydrogen-bond acceptors (Lipinski definition) is 4. The van der Waals surface area contributed by atoms with Gasteiger partial charge in [-0.3, -0.25) is 9.59 Å². The summed E-state index contributed by atoms with van der Waals surface area (Å²) in [6.07, 6.45) is 0. The van der Waals surface area contributed by atoms with E-state index in [4.69, 9.17) is 33.7 Å². The minimum Gasteiger partial charge on any atom is -0.485 e. The maximum atomic E-state index is 12.1. The first-order valence-corrected chi connectivity index (χ1v) is 7.60. The van der Waals surface area contributed by atoms with E-state index >= 15 is 0 Å². The largest absolute Gasteiger partial charge is 0.485 e. The summed E-state index contributed by atoms with van der Waals surface area (Å²) in [6.45, 7) is -0.0459. The molecule has 6 nitrogen and oxygen atoms in total. The Morgan fingerprint density at radius 3 is 2.62 bits per heavy atom. The van der Waals surface area contributed by atoms with E-state index in [9.17, 15) is 9.59 Å². The Labute approximate surface area is 146 Å². The number of ether oxygens (including phenoxy) is 1. The van der Waals surface area contributed by atoms with Crippen LogP contribution in [0.5, 0.6) is 5.75 Å². The molecule has 0 spiro atoms. The third-order valence-electron chi connectivity index (χ3n) is 3.29. The van der Waals surface area contributed by atoms with Crippen molar-refractivity contribution in [3.8, 4) is 5.75 Å². The van der Waals surface area contributed by atoms with Crippen LogP contribution >= 0.6 is 23.2 Å². The first-order valence-electron chi connectivity index (χ1n) is 6.84. The number of benzene rings is 2. The van der Waals surface area contributed by atoms with Gasteiger partial charge in [0, 0.05) is 10.0 Å². The second-order valence-corrected chi connectivity index (χ2v) is 5.84. The molecule has 3 N–H and O–H groups in total. The topological polar surface area (TPSA) is 98.1 Å². The predicted molar refractivity (Wildman–Crippen MR) is 91.7 cm³/mol. The number of rotatable bonds is 4. The fourth-order valence-corrected chi connectivity index (χ4v) is 2.54. The van der Waals surface area contributed by atoms with Gasteiger partial charge < -0.3 is 15.5 Å². The number of amides is 1. The van der Waals surface area contributed by atoms with E-state index in [0.29, 0.717) is 26.8 Å². The first-order chi connectivity index (χ1) is 11.4. The van der Waals surface area contributed by atoms with Crippen LogP contribution in [0.4, 0.5) is 0 Å². The van der Waals surface area contributed by atoms with Crippen LogP contribution in [-0.4, -0.2) is 15.9 Å². The average molecular weight is 364 g/mol. The summed E-state index contributed by atoms with van der Waals surface area (Å²) in [7, 11) is 0. The van der Waals surface area contributed by atoms with Gasteiger partial charge in [0.15, 0.2) is 0 Å². The number of halogens is 2. The number of carbonyl (C=O) groups is 1. The number of fused-ring (bicyclic) bond motifs is 1. The Bertz CT molecular complexity index is 1000. The Morgan fingerprint density at radius 2 is 1.88 bits per heavy atom. The molecule has 2 aromatic carbocycles. The van der Waals surface area contributed by atoms with Crippen molar-refractivity contribution in [2.45, 2.75) is 6.61 Å². The summed E-state index contributed by atoms with van der Waals surface area (Å²) in [5.74, 6) is -0.104. The molecule has 0 radical (unpaired) electrons. The number of H-pyrrole nitrogens is 1. The van der Waals surface area contributed by atoms with Crippen molar-refractivity contribution in [3.63, 3.8) is 0 Å². The first kappa shape index (κ1) is 16.3. The van der Waals surface area contributed by atoms with Gasteiger partial charge in [-0.05, 0) is 36.4 Å². The summed E-state index contributed by atoms with van der Waals surface area (Å²) in [5.41, 5.74) is 5.62. The van der Waals surface area contributed by atoms with Gasteiger partial charge in [-0.1, -0.05) is 23.2 Å². The molecule has 0 aliphatic heterocycles. The standard InChI is InChI=1S/C16H11Cl2N3O3/c17-8-1-3-12-10(5-8)16(23)21-14(20-12)7-24-13-4-2-9(18)6-11(13)15(19)22/h1-6H,7H2,(H2,19,22)(H,20,21,23). The normalized spacial score (nSPS) is 10.8. The van der Waals surface area contributed by atoms with E-state index in [1.165, 1.54) is 18.2 Å². The molecular formula is C16H11Cl2N3O3. The molecule has 1 amide bonds. The van der Waals surface area contributed by atoms with E-state index in [1.54, 1.807) is 18.2 Å². The molecule has 24 heavy (non-hydrogen) atoms. The summed E-state index contributed by atoms with van der Waals surface area (Å²) >= 11 is 11.7. The van der Waals surface area contributed by atoms with Crippen LogP contribution in [-0.2, 0) is 6.61 Å². The number of nitrogens with one attached hydrogen (secondary N) is 1. The van der Waals surface area contributed by atoms with Crippen molar-refractivity contribution in [2.24, 2.45) is 5.73 Å². The van der Waals surface area contributed by atoms with Crippen molar-refractivity contribution < 1.29 is 9.53 Å². The van der Waals surface area contributed by atoms with Crippen LogP contribution in [0.15, 0.2) is 41.2 Å². The number of primary amides is 1. The third-order valence-corrected chi connectivity index (χ3v) is 3.76. The lowest BCUT2D eigenvalue weighted by molar-refractivity contribution is 0.0995. The number of nitrogens with two attached hydrogens (primary N) is 1. The highest BCUT2D eigenvalue weighted by Gasteiger charge is 2.11. The van der Waals surface area contributed by atoms with E-state index in [-0.39, 0.29) is 23.5 Å². The van der Waals surface area contributed by atoms with Gasteiger partial charge >= 0.3 is 0 Å². The van der Waals surface area contributed by atoms with Gasteiger partial charge in [-0.25, -0.2) is 4.98 Å². The van der Waals surface area contributed by atoms with Crippen molar-refractivity contribution in [1.82, 2.24) is 9.97 Å². The smallest absolute Gasteiger partial charge is 0.258 e. The summed E-state index contributed by atoms with van der Waals surface area (Å²) in [4.78, 5) is 30.4. The van der Waals surface area contributed by atoms with E-state index in [1.807, 2.05) is 0 Å². The Balaban J connectivity index is 1.90. The van der Waals surface area contributed by atoms with E-state index in [0.717, 1.165) is 0 Å². The zero-order valence-corrected chi connectivity index (χ0v) is 13.7. The van der Waals surface area contributed by atoms with Crippen LogP contribution in [0.2, 0.25) is 10.0 Å². The van der Waals surface area contributed by atoms with E-state index in [2.05, 4.69) is 9.97 Å². The maximum absolute atomic E-state index is 12.1. The lowest BCUT2D eigenvalue weighted by Crippen LogP contribution is -2.16. The molecule has 0 unspecified atom stereocenters. The number of hydrogen-bond donors (Lipinski definition) is 2. The second kappa shape index (κ2) is 6.51. The number of nitrogens with zero attached hydrogens (tertiary/aromatic N) is 1. The Kier molecular flexibility index (Phi) is 4.42. The molecule has 3 aromatic rings. The Morgan fingerprint density at radius 1 is 1.17 bits per heavy atom. The fraction of sp³-hybridized carbons (Fsp3) is 0.0625. The molecule has 0 fully saturated rings. The molecule has 0 bridgehead atoms.